The lowest BCUT2D eigenvalue weighted by molar-refractivity contribution is -0.136. The summed E-state index contributed by atoms with van der Waals surface area (Å²) in [6.45, 7) is 0.869. The van der Waals surface area contributed by atoms with Crippen molar-refractivity contribution >= 4 is 56.8 Å². The number of rotatable bonds is 7. The number of benzene rings is 3. The van der Waals surface area contributed by atoms with Crippen molar-refractivity contribution in [2.45, 2.75) is 19.6 Å². The molecule has 198 valence electrons. The third-order valence-electron chi connectivity index (χ3n) is 6.50. The highest BCUT2D eigenvalue weighted by Gasteiger charge is 2.37. The Morgan fingerprint density at radius 3 is 2.51 bits per heavy atom. The molecule has 1 N–H and O–H groups in total. The van der Waals surface area contributed by atoms with Crippen LogP contribution in [0.5, 0.6) is 5.75 Å². The van der Waals surface area contributed by atoms with Gasteiger partial charge >= 0.3 is 5.97 Å². The van der Waals surface area contributed by atoms with E-state index in [1.165, 1.54) is 17.7 Å². The zero-order chi connectivity index (χ0) is 27.5. The van der Waals surface area contributed by atoms with Gasteiger partial charge in [0.15, 0.2) is 0 Å². The molecule has 3 aromatic carbocycles. The molecule has 0 radical (unpaired) electrons. The molecule has 0 aliphatic carbocycles. The van der Waals surface area contributed by atoms with E-state index in [0.29, 0.717) is 24.4 Å². The molecule has 5 rings (SSSR count). The Kier molecular flexibility index (Phi) is 7.85. The number of fused-ring (bicyclic) bond motifs is 1. The van der Waals surface area contributed by atoms with Crippen LogP contribution in [0, 0.1) is 0 Å². The fourth-order valence-electron chi connectivity index (χ4n) is 4.39. The Morgan fingerprint density at radius 1 is 1.03 bits per heavy atom. The maximum Gasteiger partial charge on any atom is 0.335 e. The highest BCUT2D eigenvalue weighted by Crippen LogP contribution is 2.35. The summed E-state index contributed by atoms with van der Waals surface area (Å²) in [5.41, 5.74) is 3.82. The summed E-state index contributed by atoms with van der Waals surface area (Å²) in [6, 6.07) is 19.6. The third-order valence-corrected chi connectivity index (χ3v) is 7.90. The number of carbonyl (C=O) groups excluding carboxylic acids is 3. The molecule has 2 aliphatic rings. The molecule has 1 saturated heterocycles. The van der Waals surface area contributed by atoms with Crippen LogP contribution in [0.15, 0.2) is 76.1 Å². The van der Waals surface area contributed by atoms with E-state index in [1.54, 1.807) is 41.3 Å². The van der Waals surface area contributed by atoms with E-state index in [-0.39, 0.29) is 29.5 Å². The molecule has 8 nitrogen and oxygen atoms in total. The largest absolute Gasteiger partial charge is 0.488 e. The number of amides is 3. The zero-order valence-electron chi connectivity index (χ0n) is 20.6. The number of hydrogen-bond donors (Lipinski definition) is 1. The SMILES string of the molecule is O=C(O)c1ccc(COc2ccc(Br)cc2/C=C2\SC(=O)N(CC(=O)N3CCc4ccccc4C3)C2=O)cc1. The molecule has 2 heterocycles. The number of ether oxygens (including phenoxy) is 1. The fraction of sp³-hybridized carbons (Fsp3) is 0.172. The van der Waals surface area contributed by atoms with Gasteiger partial charge in [-0.1, -0.05) is 52.3 Å². The van der Waals surface area contributed by atoms with Crippen LogP contribution in [0.4, 0.5) is 4.79 Å². The van der Waals surface area contributed by atoms with Crippen LogP contribution in [-0.2, 0) is 29.2 Å². The maximum absolute atomic E-state index is 13.1. The van der Waals surface area contributed by atoms with E-state index < -0.39 is 17.1 Å². The third kappa shape index (κ3) is 6.07. The average molecular weight is 607 g/mol. The smallest absolute Gasteiger partial charge is 0.335 e. The van der Waals surface area contributed by atoms with Crippen LogP contribution < -0.4 is 4.74 Å². The van der Waals surface area contributed by atoms with Gasteiger partial charge in [-0.2, -0.15) is 0 Å². The molecule has 0 bridgehead atoms. The average Bonchev–Trinajstić information content (AvgIpc) is 3.19. The van der Waals surface area contributed by atoms with Crippen molar-refractivity contribution in [3.05, 3.63) is 104 Å². The van der Waals surface area contributed by atoms with Gasteiger partial charge in [-0.3, -0.25) is 19.3 Å². The van der Waals surface area contributed by atoms with Gasteiger partial charge in [0.1, 0.15) is 18.9 Å². The quantitative estimate of drug-likeness (QED) is 0.362. The van der Waals surface area contributed by atoms with Gasteiger partial charge in [-0.15, -0.1) is 0 Å². The molecule has 3 aromatic rings. The molecule has 10 heteroatoms. The predicted octanol–water partition coefficient (Wildman–Crippen LogP) is 5.35. The van der Waals surface area contributed by atoms with Crippen molar-refractivity contribution in [2.24, 2.45) is 0 Å². The van der Waals surface area contributed by atoms with Gasteiger partial charge in [0.2, 0.25) is 5.91 Å². The Labute approximate surface area is 237 Å². The molecule has 0 spiro atoms. The number of carbonyl (C=O) groups is 4. The summed E-state index contributed by atoms with van der Waals surface area (Å²) in [6.07, 6.45) is 2.32. The Balaban J connectivity index is 1.28. The Bertz CT molecular complexity index is 1500. The minimum atomic E-state index is -1.01. The lowest BCUT2D eigenvalue weighted by Gasteiger charge is -2.29. The number of imide groups is 1. The van der Waals surface area contributed by atoms with E-state index >= 15 is 0 Å². The molecule has 0 aromatic heterocycles. The van der Waals surface area contributed by atoms with E-state index in [4.69, 9.17) is 9.84 Å². The van der Waals surface area contributed by atoms with Gasteiger partial charge in [0.25, 0.3) is 11.1 Å². The van der Waals surface area contributed by atoms with Crippen LogP contribution in [0.1, 0.15) is 32.6 Å². The molecular weight excluding hydrogens is 584 g/mol. The first-order valence-corrected chi connectivity index (χ1v) is 13.7. The van der Waals surface area contributed by atoms with E-state index in [1.807, 2.05) is 24.3 Å². The summed E-state index contributed by atoms with van der Waals surface area (Å²) in [4.78, 5) is 52.8. The summed E-state index contributed by atoms with van der Waals surface area (Å²) < 4.78 is 6.71. The number of nitrogens with zero attached hydrogens (tertiary/aromatic N) is 2. The first-order valence-electron chi connectivity index (χ1n) is 12.1. The summed E-state index contributed by atoms with van der Waals surface area (Å²) in [5, 5.41) is 8.58. The van der Waals surface area contributed by atoms with Crippen LogP contribution in [0.25, 0.3) is 6.08 Å². The highest BCUT2D eigenvalue weighted by molar-refractivity contribution is 9.10. The minimum absolute atomic E-state index is 0.178. The van der Waals surface area contributed by atoms with Gasteiger partial charge in [-0.05, 0) is 71.3 Å². The van der Waals surface area contributed by atoms with Gasteiger partial charge in [0.05, 0.1) is 10.5 Å². The fourth-order valence-corrected chi connectivity index (χ4v) is 5.60. The number of halogens is 1. The number of thioether (sulfide) groups is 1. The van der Waals surface area contributed by atoms with Crippen LogP contribution in [-0.4, -0.2) is 51.0 Å². The van der Waals surface area contributed by atoms with E-state index in [9.17, 15) is 19.2 Å². The van der Waals surface area contributed by atoms with E-state index in [2.05, 4.69) is 15.9 Å². The molecular formula is C29H23BrN2O6S. The second-order valence-corrected chi connectivity index (χ2v) is 11.0. The van der Waals surface area contributed by atoms with Crippen LogP contribution in [0.3, 0.4) is 0 Å². The number of carboxylic acid groups (broad SMARTS) is 1. The van der Waals surface area contributed by atoms with Gasteiger partial charge in [-0.25, -0.2) is 4.79 Å². The Morgan fingerprint density at radius 2 is 1.77 bits per heavy atom. The minimum Gasteiger partial charge on any atom is -0.488 e. The summed E-state index contributed by atoms with van der Waals surface area (Å²) in [7, 11) is 0. The summed E-state index contributed by atoms with van der Waals surface area (Å²) >= 11 is 4.22. The predicted molar refractivity (Wildman–Crippen MR) is 150 cm³/mol. The standard InChI is InChI=1S/C29H23BrN2O6S/c30-23-9-10-24(38-17-18-5-7-20(8-6-18)28(35)36)22(13-23)14-25-27(34)32(29(37)39-25)16-26(33)31-12-11-19-3-1-2-4-21(19)15-31/h1-10,13-14H,11-12,15-17H2,(H,35,36)/b25-14-. The lowest BCUT2D eigenvalue weighted by Crippen LogP contribution is -2.44. The molecule has 39 heavy (non-hydrogen) atoms. The Hall–Kier alpha value is -3.89. The molecule has 3 amide bonds. The second-order valence-electron chi connectivity index (χ2n) is 9.07. The molecule has 2 aliphatic heterocycles. The molecule has 0 saturated carbocycles. The van der Waals surface area contributed by atoms with E-state index in [0.717, 1.165) is 38.7 Å². The van der Waals surface area contributed by atoms with Crippen molar-refractivity contribution in [1.82, 2.24) is 9.80 Å². The normalized spacial score (nSPS) is 16.0. The molecule has 0 atom stereocenters. The van der Waals surface area contributed by atoms with Crippen molar-refractivity contribution in [1.29, 1.82) is 0 Å². The first-order chi connectivity index (χ1) is 18.8. The second kappa shape index (κ2) is 11.5. The number of aromatic carboxylic acids is 1. The highest BCUT2D eigenvalue weighted by atomic mass is 79.9. The maximum atomic E-state index is 13.1. The number of hydrogen-bond acceptors (Lipinski definition) is 6. The van der Waals surface area contributed by atoms with Crippen LogP contribution >= 0.6 is 27.7 Å². The van der Waals surface area contributed by atoms with Crippen molar-refractivity contribution < 1.29 is 29.0 Å². The monoisotopic (exact) mass is 606 g/mol. The van der Waals surface area contributed by atoms with Gasteiger partial charge in [0, 0.05) is 23.1 Å². The number of carboxylic acids is 1. The van der Waals surface area contributed by atoms with Crippen molar-refractivity contribution in [3.63, 3.8) is 0 Å². The summed E-state index contributed by atoms with van der Waals surface area (Å²) in [5.74, 6) is -1.32. The first kappa shape index (κ1) is 26.7. The topological polar surface area (TPSA) is 104 Å². The van der Waals surface area contributed by atoms with Crippen molar-refractivity contribution in [3.8, 4) is 5.75 Å². The molecule has 0 unspecified atom stereocenters. The zero-order valence-corrected chi connectivity index (χ0v) is 23.0. The molecule has 1 fully saturated rings. The van der Waals surface area contributed by atoms with Crippen LogP contribution in [0.2, 0.25) is 0 Å². The van der Waals surface area contributed by atoms with Crippen molar-refractivity contribution in [2.75, 3.05) is 13.1 Å². The van der Waals surface area contributed by atoms with Gasteiger partial charge < -0.3 is 14.7 Å². The lowest BCUT2D eigenvalue weighted by atomic mass is 10.00.